The molecule has 8 heteroatoms. The fourth-order valence-corrected chi connectivity index (χ4v) is 3.47. The Labute approximate surface area is 160 Å². The zero-order valence-corrected chi connectivity index (χ0v) is 16.6. The third-order valence-electron chi connectivity index (χ3n) is 4.02. The average Bonchev–Trinajstić information content (AvgIpc) is 2.65. The van der Waals surface area contributed by atoms with Crippen molar-refractivity contribution in [2.24, 2.45) is 0 Å². The second-order valence-corrected chi connectivity index (χ2v) is 7.91. The summed E-state index contributed by atoms with van der Waals surface area (Å²) in [6, 6.07) is 13.9. The number of methoxy groups -OCH3 is 2. The molecule has 0 radical (unpaired) electrons. The van der Waals surface area contributed by atoms with Gasteiger partial charge in [0.15, 0.2) is 0 Å². The van der Waals surface area contributed by atoms with Gasteiger partial charge in [0.25, 0.3) is 0 Å². The number of nitrogens with one attached hydrogen (secondary N) is 1. The Morgan fingerprint density at radius 3 is 2.33 bits per heavy atom. The minimum atomic E-state index is -3.73. The number of sulfonamides is 1. The summed E-state index contributed by atoms with van der Waals surface area (Å²) in [5, 5.41) is 2.82. The second kappa shape index (κ2) is 8.77. The van der Waals surface area contributed by atoms with Crippen molar-refractivity contribution < 1.29 is 22.7 Å². The minimum Gasteiger partial charge on any atom is -0.497 e. The number of hydrogen-bond acceptors (Lipinski definition) is 5. The first-order valence-corrected chi connectivity index (χ1v) is 10.1. The van der Waals surface area contributed by atoms with Gasteiger partial charge in [0.2, 0.25) is 15.9 Å². The first kappa shape index (κ1) is 20.6. The Morgan fingerprint density at radius 1 is 1.11 bits per heavy atom. The van der Waals surface area contributed by atoms with Gasteiger partial charge in [-0.15, -0.1) is 0 Å². The van der Waals surface area contributed by atoms with Gasteiger partial charge in [-0.1, -0.05) is 30.3 Å². The molecule has 0 saturated heterocycles. The molecule has 0 bridgehead atoms. The van der Waals surface area contributed by atoms with Gasteiger partial charge >= 0.3 is 0 Å². The lowest BCUT2D eigenvalue weighted by molar-refractivity contribution is -0.120. The van der Waals surface area contributed by atoms with E-state index in [1.807, 2.05) is 37.3 Å². The molecule has 0 aliphatic heterocycles. The van der Waals surface area contributed by atoms with E-state index in [2.05, 4.69) is 5.32 Å². The lowest BCUT2D eigenvalue weighted by Gasteiger charge is -2.25. The molecule has 146 valence electrons. The minimum absolute atomic E-state index is 0.238. The van der Waals surface area contributed by atoms with E-state index >= 15 is 0 Å². The van der Waals surface area contributed by atoms with Crippen LogP contribution < -0.4 is 19.1 Å². The van der Waals surface area contributed by atoms with Crippen LogP contribution in [0.5, 0.6) is 11.5 Å². The topological polar surface area (TPSA) is 84.9 Å². The number of nitrogens with zero attached hydrogens (tertiary/aromatic N) is 1. The molecule has 0 unspecified atom stereocenters. The molecule has 0 aliphatic carbocycles. The van der Waals surface area contributed by atoms with E-state index in [4.69, 9.17) is 9.47 Å². The summed E-state index contributed by atoms with van der Waals surface area (Å²) >= 11 is 0. The first-order valence-electron chi connectivity index (χ1n) is 8.30. The Kier molecular flexibility index (Phi) is 6.68. The Morgan fingerprint density at radius 2 is 1.78 bits per heavy atom. The Balaban J connectivity index is 2.27. The van der Waals surface area contributed by atoms with E-state index in [0.29, 0.717) is 11.5 Å². The lowest BCUT2D eigenvalue weighted by atomic mass is 10.1. The van der Waals surface area contributed by atoms with Crippen LogP contribution in [0.25, 0.3) is 0 Å². The van der Waals surface area contributed by atoms with Crippen LogP contribution >= 0.6 is 0 Å². The van der Waals surface area contributed by atoms with Crippen molar-refractivity contribution in [3.8, 4) is 11.5 Å². The van der Waals surface area contributed by atoms with Crippen molar-refractivity contribution in [3.05, 3.63) is 54.1 Å². The lowest BCUT2D eigenvalue weighted by Crippen LogP contribution is -2.41. The predicted octanol–water partition coefficient (Wildman–Crippen LogP) is 2.35. The molecule has 0 spiro atoms. The number of benzene rings is 2. The highest BCUT2D eigenvalue weighted by atomic mass is 32.2. The van der Waals surface area contributed by atoms with Gasteiger partial charge in [0.1, 0.15) is 18.0 Å². The van der Waals surface area contributed by atoms with Crippen molar-refractivity contribution in [3.63, 3.8) is 0 Å². The summed E-state index contributed by atoms with van der Waals surface area (Å²) in [5.74, 6) is 0.351. The highest BCUT2D eigenvalue weighted by Gasteiger charge is 2.25. The maximum absolute atomic E-state index is 12.5. The second-order valence-electron chi connectivity index (χ2n) is 6.01. The molecule has 7 nitrogen and oxygen atoms in total. The van der Waals surface area contributed by atoms with Crippen LogP contribution in [0.1, 0.15) is 18.5 Å². The molecule has 2 aromatic carbocycles. The molecule has 0 heterocycles. The fourth-order valence-electron chi connectivity index (χ4n) is 2.62. The standard InChI is InChI=1S/C19H24N2O5S/c1-14(15-8-6-5-7-9-15)20-19(22)13-21(27(4,23)24)17-12-16(25-2)10-11-18(17)26-3/h5-12,14H,13H2,1-4H3,(H,20,22)/t14-/m1/s1. The van der Waals surface area contributed by atoms with Gasteiger partial charge in [-0.2, -0.15) is 0 Å². The normalized spacial score (nSPS) is 12.1. The quantitative estimate of drug-likeness (QED) is 0.745. The number of carbonyl (C=O) groups is 1. The Bertz CT molecular complexity index is 884. The molecule has 2 aromatic rings. The largest absolute Gasteiger partial charge is 0.497 e. The summed E-state index contributed by atoms with van der Waals surface area (Å²) in [7, 11) is -0.823. The average molecular weight is 392 g/mol. The molecule has 1 atom stereocenters. The van der Waals surface area contributed by atoms with Crippen LogP contribution in [0.15, 0.2) is 48.5 Å². The van der Waals surface area contributed by atoms with Crippen molar-refractivity contribution in [2.45, 2.75) is 13.0 Å². The molecule has 0 fully saturated rings. The number of rotatable bonds is 8. The SMILES string of the molecule is COc1ccc(OC)c(N(CC(=O)N[C@H](C)c2ccccc2)S(C)(=O)=O)c1. The molecule has 1 amide bonds. The van der Waals surface area contributed by atoms with Gasteiger partial charge in [-0.3, -0.25) is 9.10 Å². The first-order chi connectivity index (χ1) is 12.8. The number of amides is 1. The smallest absolute Gasteiger partial charge is 0.241 e. The molecule has 0 saturated carbocycles. The number of hydrogen-bond donors (Lipinski definition) is 1. The van der Waals surface area contributed by atoms with Crippen LogP contribution in [0.3, 0.4) is 0 Å². The van der Waals surface area contributed by atoms with Crippen LogP contribution in [-0.2, 0) is 14.8 Å². The molecule has 0 aromatic heterocycles. The van der Waals surface area contributed by atoms with E-state index in [-0.39, 0.29) is 18.3 Å². The third kappa shape index (κ3) is 5.37. The monoisotopic (exact) mass is 392 g/mol. The highest BCUT2D eigenvalue weighted by molar-refractivity contribution is 7.92. The summed E-state index contributed by atoms with van der Waals surface area (Å²) in [6.07, 6.45) is 1.04. The van der Waals surface area contributed by atoms with Crippen molar-refractivity contribution in [1.82, 2.24) is 5.32 Å². The van der Waals surface area contributed by atoms with Gasteiger partial charge < -0.3 is 14.8 Å². The third-order valence-corrected chi connectivity index (χ3v) is 5.15. The summed E-state index contributed by atoms with van der Waals surface area (Å²) in [6.45, 7) is 1.46. The van der Waals surface area contributed by atoms with Crippen molar-refractivity contribution >= 4 is 21.6 Å². The van der Waals surface area contributed by atoms with Gasteiger partial charge in [-0.25, -0.2) is 8.42 Å². The van der Waals surface area contributed by atoms with E-state index in [1.165, 1.54) is 20.3 Å². The summed E-state index contributed by atoms with van der Waals surface area (Å²) < 4.78 is 36.1. The van der Waals surface area contributed by atoms with E-state index in [0.717, 1.165) is 16.1 Å². The summed E-state index contributed by atoms with van der Waals surface area (Å²) in [4.78, 5) is 12.5. The predicted molar refractivity (Wildman–Crippen MR) is 105 cm³/mol. The van der Waals surface area contributed by atoms with Gasteiger partial charge in [0.05, 0.1) is 32.2 Å². The maximum Gasteiger partial charge on any atom is 0.241 e. The molecule has 0 aliphatic rings. The molecule has 27 heavy (non-hydrogen) atoms. The fraction of sp³-hybridized carbons (Fsp3) is 0.316. The Hall–Kier alpha value is -2.74. The van der Waals surface area contributed by atoms with Crippen LogP contribution in [0.2, 0.25) is 0 Å². The number of carbonyl (C=O) groups excluding carboxylic acids is 1. The number of ether oxygens (including phenoxy) is 2. The molecule has 1 N–H and O–H groups in total. The highest BCUT2D eigenvalue weighted by Crippen LogP contribution is 2.33. The van der Waals surface area contributed by atoms with Crippen molar-refractivity contribution in [1.29, 1.82) is 0 Å². The maximum atomic E-state index is 12.5. The van der Waals surface area contributed by atoms with Gasteiger partial charge in [0, 0.05) is 6.07 Å². The van der Waals surface area contributed by atoms with Crippen LogP contribution in [0, 0.1) is 0 Å². The zero-order chi connectivity index (χ0) is 20.0. The molecular weight excluding hydrogens is 368 g/mol. The molecule has 2 rings (SSSR count). The van der Waals surface area contributed by atoms with E-state index < -0.39 is 15.9 Å². The summed E-state index contributed by atoms with van der Waals surface area (Å²) in [5.41, 5.74) is 1.16. The van der Waals surface area contributed by atoms with Crippen LogP contribution in [0.4, 0.5) is 5.69 Å². The van der Waals surface area contributed by atoms with Gasteiger partial charge in [-0.05, 0) is 24.6 Å². The van der Waals surface area contributed by atoms with Crippen molar-refractivity contribution in [2.75, 3.05) is 31.3 Å². The number of anilines is 1. The zero-order valence-electron chi connectivity index (χ0n) is 15.8. The van der Waals surface area contributed by atoms with E-state index in [1.54, 1.807) is 12.1 Å². The molecular formula is C19H24N2O5S. The van der Waals surface area contributed by atoms with E-state index in [9.17, 15) is 13.2 Å². The van der Waals surface area contributed by atoms with Crippen LogP contribution in [-0.4, -0.2) is 41.3 Å².